The molecule has 0 bridgehead atoms. The van der Waals surface area contributed by atoms with Gasteiger partial charge in [-0.3, -0.25) is 0 Å². The summed E-state index contributed by atoms with van der Waals surface area (Å²) in [6, 6.07) is 15.8. The third kappa shape index (κ3) is 5.83. The van der Waals surface area contributed by atoms with Crippen LogP contribution < -0.4 is 9.47 Å². The van der Waals surface area contributed by atoms with E-state index in [0.29, 0.717) is 33.1 Å². The van der Waals surface area contributed by atoms with Crippen molar-refractivity contribution in [3.05, 3.63) is 88.0 Å². The van der Waals surface area contributed by atoms with Crippen LogP contribution in [0.1, 0.15) is 38.2 Å². The summed E-state index contributed by atoms with van der Waals surface area (Å²) in [5.74, 6) is 0.638. The molecule has 0 amide bonds. The Kier molecular flexibility index (Phi) is 8.19. The number of esters is 1. The average molecular weight is 498 g/mol. The Hall–Kier alpha value is -3.36. The predicted molar refractivity (Wildman–Crippen MR) is 134 cm³/mol. The molecule has 0 heterocycles. The van der Waals surface area contributed by atoms with Crippen molar-refractivity contribution in [1.82, 2.24) is 4.31 Å². The molecule has 7 nitrogen and oxygen atoms in total. The van der Waals surface area contributed by atoms with E-state index in [1.165, 1.54) is 18.5 Å². The van der Waals surface area contributed by atoms with Gasteiger partial charge in [-0.25, -0.2) is 13.2 Å². The maximum Gasteiger partial charge on any atom is 0.337 e. The highest BCUT2D eigenvalue weighted by atomic mass is 32.2. The Balaban J connectivity index is 2.06. The molecule has 0 aromatic heterocycles. The molecule has 0 atom stereocenters. The molecule has 186 valence electrons. The summed E-state index contributed by atoms with van der Waals surface area (Å²) in [7, 11) is 0.538. The van der Waals surface area contributed by atoms with Crippen LogP contribution in [0.4, 0.5) is 0 Å². The van der Waals surface area contributed by atoms with E-state index in [2.05, 4.69) is 0 Å². The fraction of sp³-hybridized carbons (Fsp3) is 0.296. The minimum absolute atomic E-state index is 0.116. The highest BCUT2D eigenvalue weighted by Crippen LogP contribution is 2.31. The number of benzene rings is 3. The van der Waals surface area contributed by atoms with Crippen LogP contribution in [0.15, 0.2) is 59.5 Å². The molecule has 0 unspecified atom stereocenters. The van der Waals surface area contributed by atoms with Gasteiger partial charge in [0.25, 0.3) is 0 Å². The number of hydrogen-bond acceptors (Lipinski definition) is 6. The Morgan fingerprint density at radius 2 is 1.31 bits per heavy atom. The van der Waals surface area contributed by atoms with E-state index in [0.717, 1.165) is 16.7 Å². The van der Waals surface area contributed by atoms with Crippen molar-refractivity contribution < 1.29 is 27.4 Å². The molecule has 3 aromatic rings. The Morgan fingerprint density at radius 3 is 1.86 bits per heavy atom. The first kappa shape index (κ1) is 26.2. The van der Waals surface area contributed by atoms with Crippen LogP contribution in [0.25, 0.3) is 0 Å². The van der Waals surface area contributed by atoms with Crippen LogP contribution in [0.3, 0.4) is 0 Å². The number of carbonyl (C=O) groups is 1. The summed E-state index contributed by atoms with van der Waals surface area (Å²) < 4.78 is 44.9. The third-order valence-corrected chi connectivity index (χ3v) is 7.84. The molecule has 0 aliphatic carbocycles. The zero-order valence-electron chi connectivity index (χ0n) is 20.9. The SMILES string of the molecule is COC(=O)c1ccc(CN(Cc2ccc(OC)c(OC)c2)S(=O)(=O)c2c(C)cc(C)cc2C)cc1. The molecule has 0 saturated carbocycles. The van der Waals surface area contributed by atoms with Crippen molar-refractivity contribution in [3.8, 4) is 11.5 Å². The van der Waals surface area contributed by atoms with Gasteiger partial charge in [-0.05, 0) is 67.3 Å². The van der Waals surface area contributed by atoms with Crippen molar-refractivity contribution in [3.63, 3.8) is 0 Å². The second-order valence-corrected chi connectivity index (χ2v) is 10.3. The number of rotatable bonds is 9. The lowest BCUT2D eigenvalue weighted by molar-refractivity contribution is 0.0600. The number of carbonyl (C=O) groups excluding carboxylic acids is 1. The van der Waals surface area contributed by atoms with Gasteiger partial charge in [-0.1, -0.05) is 35.9 Å². The number of methoxy groups -OCH3 is 3. The number of hydrogen-bond donors (Lipinski definition) is 0. The van der Waals surface area contributed by atoms with Gasteiger partial charge in [0.2, 0.25) is 10.0 Å². The molecule has 0 spiro atoms. The maximum absolute atomic E-state index is 14.0. The summed E-state index contributed by atoms with van der Waals surface area (Å²) >= 11 is 0. The first-order valence-corrected chi connectivity index (χ1v) is 12.5. The van der Waals surface area contributed by atoms with Gasteiger partial charge < -0.3 is 14.2 Å². The Morgan fingerprint density at radius 1 is 0.771 bits per heavy atom. The van der Waals surface area contributed by atoms with Gasteiger partial charge in [0.05, 0.1) is 31.8 Å². The van der Waals surface area contributed by atoms with Crippen LogP contribution in [0.2, 0.25) is 0 Å². The van der Waals surface area contributed by atoms with E-state index in [-0.39, 0.29) is 13.1 Å². The Bertz CT molecular complexity index is 1290. The standard InChI is InChI=1S/C27H31NO6S/c1-18-13-19(2)26(20(3)14-18)35(30,31)28(16-21-7-10-23(11-8-21)27(29)34-6)17-22-9-12-24(32-4)25(15-22)33-5/h7-15H,16-17H2,1-6H3. The van der Waals surface area contributed by atoms with E-state index in [4.69, 9.17) is 14.2 Å². The zero-order chi connectivity index (χ0) is 25.8. The second kappa shape index (κ2) is 10.9. The minimum Gasteiger partial charge on any atom is -0.493 e. The number of sulfonamides is 1. The van der Waals surface area contributed by atoms with E-state index in [1.54, 1.807) is 43.5 Å². The lowest BCUT2D eigenvalue weighted by atomic mass is 10.1. The van der Waals surface area contributed by atoms with Crippen LogP contribution >= 0.6 is 0 Å². The van der Waals surface area contributed by atoms with Crippen LogP contribution in [0, 0.1) is 20.8 Å². The van der Waals surface area contributed by atoms with E-state index >= 15 is 0 Å². The second-order valence-electron chi connectivity index (χ2n) is 8.38. The largest absolute Gasteiger partial charge is 0.493 e. The lowest BCUT2D eigenvalue weighted by Gasteiger charge is -2.25. The molecule has 3 aromatic carbocycles. The molecular weight excluding hydrogens is 466 g/mol. The highest BCUT2D eigenvalue weighted by molar-refractivity contribution is 7.89. The highest BCUT2D eigenvalue weighted by Gasteiger charge is 2.29. The lowest BCUT2D eigenvalue weighted by Crippen LogP contribution is -2.31. The maximum atomic E-state index is 14.0. The summed E-state index contributed by atoms with van der Waals surface area (Å²) in [5, 5.41) is 0. The number of nitrogens with zero attached hydrogens (tertiary/aromatic N) is 1. The van der Waals surface area contributed by atoms with Crippen molar-refractivity contribution in [2.24, 2.45) is 0 Å². The smallest absolute Gasteiger partial charge is 0.337 e. The first-order valence-electron chi connectivity index (χ1n) is 11.1. The van der Waals surface area contributed by atoms with Crippen molar-refractivity contribution in [2.75, 3.05) is 21.3 Å². The molecule has 8 heteroatoms. The van der Waals surface area contributed by atoms with Crippen LogP contribution in [0.5, 0.6) is 11.5 Å². The molecule has 35 heavy (non-hydrogen) atoms. The van der Waals surface area contributed by atoms with E-state index < -0.39 is 16.0 Å². The Labute approximate surface area is 207 Å². The normalized spacial score (nSPS) is 11.4. The van der Waals surface area contributed by atoms with Crippen molar-refractivity contribution in [2.45, 2.75) is 38.8 Å². The summed E-state index contributed by atoms with van der Waals surface area (Å²) in [5.41, 5.74) is 4.28. The number of aryl methyl sites for hydroxylation is 3. The van der Waals surface area contributed by atoms with Crippen LogP contribution in [-0.4, -0.2) is 40.0 Å². The fourth-order valence-corrected chi connectivity index (χ4v) is 6.01. The van der Waals surface area contributed by atoms with Gasteiger partial charge >= 0.3 is 5.97 Å². The molecular formula is C27H31NO6S. The molecule has 0 saturated heterocycles. The summed E-state index contributed by atoms with van der Waals surface area (Å²) in [6.07, 6.45) is 0. The minimum atomic E-state index is -3.87. The first-order chi connectivity index (χ1) is 16.6. The third-order valence-electron chi connectivity index (χ3n) is 5.74. The van der Waals surface area contributed by atoms with Crippen molar-refractivity contribution in [1.29, 1.82) is 0 Å². The zero-order valence-corrected chi connectivity index (χ0v) is 21.7. The fourth-order valence-electron chi connectivity index (χ4n) is 4.18. The van der Waals surface area contributed by atoms with Gasteiger partial charge in [0.1, 0.15) is 0 Å². The van der Waals surface area contributed by atoms with Crippen LogP contribution in [-0.2, 0) is 27.8 Å². The van der Waals surface area contributed by atoms with E-state index in [9.17, 15) is 13.2 Å². The molecule has 0 aliphatic heterocycles. The number of ether oxygens (including phenoxy) is 3. The molecule has 3 rings (SSSR count). The van der Waals surface area contributed by atoms with Gasteiger partial charge in [-0.15, -0.1) is 0 Å². The monoisotopic (exact) mass is 497 g/mol. The molecule has 0 fully saturated rings. The van der Waals surface area contributed by atoms with E-state index in [1.807, 2.05) is 39.0 Å². The van der Waals surface area contributed by atoms with Crippen molar-refractivity contribution >= 4 is 16.0 Å². The predicted octanol–water partition coefficient (Wildman–Crippen LogP) is 4.81. The molecule has 0 radical (unpaired) electrons. The quantitative estimate of drug-likeness (QED) is 0.395. The van der Waals surface area contributed by atoms with Gasteiger partial charge in [0.15, 0.2) is 11.5 Å². The topological polar surface area (TPSA) is 82.1 Å². The van der Waals surface area contributed by atoms with Gasteiger partial charge in [0, 0.05) is 13.1 Å². The average Bonchev–Trinajstić information content (AvgIpc) is 2.82. The summed E-state index contributed by atoms with van der Waals surface area (Å²) in [6.45, 7) is 5.80. The summed E-state index contributed by atoms with van der Waals surface area (Å²) in [4.78, 5) is 12.1. The molecule has 0 N–H and O–H groups in total. The molecule has 0 aliphatic rings. The van der Waals surface area contributed by atoms with Gasteiger partial charge in [-0.2, -0.15) is 4.31 Å².